The molecule has 1 amide bonds. The molecular weight excluding hydrogens is 350 g/mol. The van der Waals surface area contributed by atoms with Crippen molar-refractivity contribution in [2.24, 2.45) is 5.92 Å². The number of hydrogen-bond acceptors (Lipinski definition) is 4. The van der Waals surface area contributed by atoms with E-state index >= 15 is 0 Å². The van der Waals surface area contributed by atoms with E-state index in [0.717, 1.165) is 56.9 Å². The van der Waals surface area contributed by atoms with Gasteiger partial charge in [0, 0.05) is 19.0 Å². The van der Waals surface area contributed by atoms with Crippen LogP contribution in [0.15, 0.2) is 24.3 Å². The molecule has 0 spiro atoms. The molecule has 1 rings (SSSR count). The zero-order chi connectivity index (χ0) is 19.6. The Morgan fingerprint density at radius 1 is 1.08 bits per heavy atom. The van der Waals surface area contributed by atoms with Crippen molar-refractivity contribution < 1.29 is 17.4 Å². The maximum Gasteiger partial charge on any atom is 0.306 e. The molecular formula is C20H33NO4S. The highest BCUT2D eigenvalue weighted by Crippen LogP contribution is 2.20. The Hall–Kier alpha value is -1.56. The van der Waals surface area contributed by atoms with Gasteiger partial charge in [-0.2, -0.15) is 8.42 Å². The van der Waals surface area contributed by atoms with Crippen LogP contribution in [-0.2, 0) is 21.5 Å². The molecule has 0 saturated heterocycles. The summed E-state index contributed by atoms with van der Waals surface area (Å²) in [6.07, 6.45) is 7.01. The molecule has 5 nitrogen and oxygen atoms in total. The Bertz CT molecular complexity index is 640. The van der Waals surface area contributed by atoms with Crippen molar-refractivity contribution in [3.8, 4) is 5.75 Å². The Morgan fingerprint density at radius 2 is 1.69 bits per heavy atom. The number of hydrogen-bond donors (Lipinski definition) is 0. The molecule has 0 aliphatic rings. The maximum atomic E-state index is 13.0. The van der Waals surface area contributed by atoms with Crippen molar-refractivity contribution in [3.05, 3.63) is 29.8 Å². The van der Waals surface area contributed by atoms with Crippen molar-refractivity contribution >= 4 is 16.0 Å². The SMILES string of the molecule is CCCCC(CC)C(=O)N(CCCC)Cc1ccc(OS(C)(=O)=O)cc1. The van der Waals surface area contributed by atoms with Crippen molar-refractivity contribution in [1.29, 1.82) is 0 Å². The normalized spacial score (nSPS) is 12.6. The second-order valence-corrected chi connectivity index (χ2v) is 8.37. The number of amides is 1. The summed E-state index contributed by atoms with van der Waals surface area (Å²) in [5.41, 5.74) is 0.973. The van der Waals surface area contributed by atoms with Crippen LogP contribution in [0.4, 0.5) is 0 Å². The first-order chi connectivity index (χ1) is 12.3. The average Bonchev–Trinajstić information content (AvgIpc) is 2.59. The van der Waals surface area contributed by atoms with Crippen LogP contribution >= 0.6 is 0 Å². The fraction of sp³-hybridized carbons (Fsp3) is 0.650. The van der Waals surface area contributed by atoms with Crippen molar-refractivity contribution in [2.75, 3.05) is 12.8 Å². The molecule has 0 aliphatic heterocycles. The number of carbonyl (C=O) groups is 1. The van der Waals surface area contributed by atoms with Gasteiger partial charge in [0.1, 0.15) is 5.75 Å². The van der Waals surface area contributed by atoms with Gasteiger partial charge in [-0.3, -0.25) is 4.79 Å². The molecule has 0 heterocycles. The molecule has 0 aliphatic carbocycles. The summed E-state index contributed by atoms with van der Waals surface area (Å²) < 4.78 is 27.2. The third kappa shape index (κ3) is 8.21. The minimum absolute atomic E-state index is 0.0830. The number of benzene rings is 1. The molecule has 0 fully saturated rings. The van der Waals surface area contributed by atoms with Crippen LogP contribution in [0.2, 0.25) is 0 Å². The summed E-state index contributed by atoms with van der Waals surface area (Å²) in [5, 5.41) is 0. The molecule has 0 N–H and O–H groups in total. The van der Waals surface area contributed by atoms with E-state index in [-0.39, 0.29) is 17.6 Å². The van der Waals surface area contributed by atoms with E-state index in [9.17, 15) is 13.2 Å². The van der Waals surface area contributed by atoms with Crippen LogP contribution in [0.3, 0.4) is 0 Å². The summed E-state index contributed by atoms with van der Waals surface area (Å²) in [6, 6.07) is 6.90. The van der Waals surface area contributed by atoms with Crippen LogP contribution in [0, 0.1) is 5.92 Å². The van der Waals surface area contributed by atoms with Gasteiger partial charge in [-0.1, -0.05) is 52.2 Å². The molecule has 1 aromatic carbocycles. The smallest absolute Gasteiger partial charge is 0.306 e. The predicted octanol–water partition coefficient (Wildman–Crippen LogP) is 4.37. The van der Waals surface area contributed by atoms with E-state index < -0.39 is 10.1 Å². The molecule has 26 heavy (non-hydrogen) atoms. The first-order valence-electron chi connectivity index (χ1n) is 9.57. The van der Waals surface area contributed by atoms with Gasteiger partial charge >= 0.3 is 10.1 Å². The fourth-order valence-corrected chi connectivity index (χ4v) is 3.33. The monoisotopic (exact) mass is 383 g/mol. The van der Waals surface area contributed by atoms with E-state index in [1.807, 2.05) is 17.0 Å². The van der Waals surface area contributed by atoms with Gasteiger partial charge < -0.3 is 9.08 Å². The van der Waals surface area contributed by atoms with Crippen LogP contribution in [0.25, 0.3) is 0 Å². The van der Waals surface area contributed by atoms with Gasteiger partial charge in [-0.15, -0.1) is 0 Å². The van der Waals surface area contributed by atoms with Crippen molar-refractivity contribution in [2.45, 2.75) is 65.8 Å². The molecule has 148 valence electrons. The second kappa shape index (κ2) is 11.2. The van der Waals surface area contributed by atoms with E-state index in [4.69, 9.17) is 4.18 Å². The standard InChI is InChI=1S/C20H33NO4S/c1-5-8-10-18(7-3)20(22)21(15-9-6-2)16-17-11-13-19(14-12-17)25-26(4,23)24/h11-14,18H,5-10,15-16H2,1-4H3. The minimum Gasteiger partial charge on any atom is -0.383 e. The number of carbonyl (C=O) groups excluding carboxylic acids is 1. The molecule has 6 heteroatoms. The number of unbranched alkanes of at least 4 members (excludes halogenated alkanes) is 2. The van der Waals surface area contributed by atoms with E-state index in [0.29, 0.717) is 6.54 Å². The highest BCUT2D eigenvalue weighted by molar-refractivity contribution is 7.86. The Morgan fingerprint density at radius 3 is 2.19 bits per heavy atom. The lowest BCUT2D eigenvalue weighted by molar-refractivity contribution is -0.136. The fourth-order valence-electron chi connectivity index (χ4n) is 2.87. The maximum absolute atomic E-state index is 13.0. The van der Waals surface area contributed by atoms with Crippen LogP contribution in [0.5, 0.6) is 5.75 Å². The van der Waals surface area contributed by atoms with Crippen molar-refractivity contribution in [3.63, 3.8) is 0 Å². The summed E-state index contributed by atoms with van der Waals surface area (Å²) in [5.74, 6) is 0.600. The molecule has 0 radical (unpaired) electrons. The van der Waals surface area contributed by atoms with Crippen molar-refractivity contribution in [1.82, 2.24) is 4.90 Å². The van der Waals surface area contributed by atoms with E-state index in [2.05, 4.69) is 20.8 Å². The second-order valence-electron chi connectivity index (χ2n) is 6.79. The average molecular weight is 384 g/mol. The van der Waals surface area contributed by atoms with Gasteiger partial charge in [-0.25, -0.2) is 0 Å². The van der Waals surface area contributed by atoms with Crippen LogP contribution in [0.1, 0.15) is 64.9 Å². The topological polar surface area (TPSA) is 63.7 Å². The number of rotatable bonds is 12. The van der Waals surface area contributed by atoms with E-state index in [1.165, 1.54) is 0 Å². The molecule has 0 saturated carbocycles. The largest absolute Gasteiger partial charge is 0.383 e. The molecule has 0 aromatic heterocycles. The van der Waals surface area contributed by atoms with E-state index in [1.54, 1.807) is 12.1 Å². The Labute approximate surface area is 158 Å². The lowest BCUT2D eigenvalue weighted by Crippen LogP contribution is -2.36. The third-order valence-corrected chi connectivity index (χ3v) is 4.88. The highest BCUT2D eigenvalue weighted by Gasteiger charge is 2.22. The zero-order valence-corrected chi connectivity index (χ0v) is 17.3. The first-order valence-corrected chi connectivity index (χ1v) is 11.4. The van der Waals surface area contributed by atoms with Gasteiger partial charge in [0.15, 0.2) is 0 Å². The minimum atomic E-state index is -3.53. The quantitative estimate of drug-likeness (QED) is 0.503. The summed E-state index contributed by atoms with van der Waals surface area (Å²) in [4.78, 5) is 14.9. The number of nitrogens with zero attached hydrogens (tertiary/aromatic N) is 1. The predicted molar refractivity (Wildman–Crippen MR) is 106 cm³/mol. The van der Waals surface area contributed by atoms with Gasteiger partial charge in [-0.05, 0) is 37.0 Å². The van der Waals surface area contributed by atoms with Crippen LogP contribution in [-0.4, -0.2) is 32.0 Å². The lowest BCUT2D eigenvalue weighted by atomic mass is 9.97. The molecule has 1 unspecified atom stereocenters. The molecule has 0 bridgehead atoms. The molecule has 1 atom stereocenters. The highest BCUT2D eigenvalue weighted by atomic mass is 32.2. The zero-order valence-electron chi connectivity index (χ0n) is 16.5. The van der Waals surface area contributed by atoms with Gasteiger partial charge in [0.25, 0.3) is 0 Å². The van der Waals surface area contributed by atoms with Gasteiger partial charge in [0.05, 0.1) is 6.26 Å². The lowest BCUT2D eigenvalue weighted by Gasteiger charge is -2.27. The van der Waals surface area contributed by atoms with Crippen LogP contribution < -0.4 is 4.18 Å². The Balaban J connectivity index is 2.84. The summed E-state index contributed by atoms with van der Waals surface area (Å²) >= 11 is 0. The first kappa shape index (κ1) is 22.5. The third-order valence-electron chi connectivity index (χ3n) is 4.39. The van der Waals surface area contributed by atoms with Gasteiger partial charge in [0.2, 0.25) is 5.91 Å². The summed E-state index contributed by atoms with van der Waals surface area (Å²) in [6.45, 7) is 7.63. The Kier molecular flexibility index (Phi) is 9.70. The summed E-state index contributed by atoms with van der Waals surface area (Å²) in [7, 11) is -3.53. The molecule has 1 aromatic rings.